The van der Waals surface area contributed by atoms with Gasteiger partial charge >= 0.3 is 0 Å². The van der Waals surface area contributed by atoms with Gasteiger partial charge in [-0.25, -0.2) is 13.8 Å². The Labute approximate surface area is 75.8 Å². The van der Waals surface area contributed by atoms with Gasteiger partial charge in [0.2, 0.25) is 0 Å². The van der Waals surface area contributed by atoms with E-state index in [1.807, 2.05) is 0 Å². The van der Waals surface area contributed by atoms with E-state index in [0.717, 1.165) is 12.1 Å². The van der Waals surface area contributed by atoms with Gasteiger partial charge in [-0.05, 0) is 12.1 Å². The van der Waals surface area contributed by atoms with E-state index >= 15 is 0 Å². The molecule has 1 N–H and O–H groups in total. The minimum absolute atomic E-state index is 0.168. The van der Waals surface area contributed by atoms with Crippen LogP contribution in [0.25, 0.3) is 0 Å². The lowest BCUT2D eigenvalue weighted by Gasteiger charge is -2.26. The van der Waals surface area contributed by atoms with Crippen molar-refractivity contribution in [1.82, 2.24) is 4.81 Å². The van der Waals surface area contributed by atoms with E-state index < -0.39 is 27.3 Å². The fraction of sp³-hybridized carbons (Fsp3) is 0.143. The molecule has 2 unspecified atom stereocenters. The predicted octanol–water partition coefficient (Wildman–Crippen LogP) is 1.10. The zero-order valence-corrected chi connectivity index (χ0v) is 7.25. The molecule has 0 aliphatic carbocycles. The molecule has 70 valence electrons. The first kappa shape index (κ1) is 8.76. The second kappa shape index (κ2) is 2.58. The first-order chi connectivity index (χ1) is 6.00. The Bertz CT molecular complexity index is 393. The highest BCUT2D eigenvalue weighted by Gasteiger charge is 2.36. The van der Waals surface area contributed by atoms with E-state index in [4.69, 9.17) is 5.21 Å². The summed E-state index contributed by atoms with van der Waals surface area (Å²) in [5, 5.41) is 20.4. The number of hydrogen-bond donors (Lipinski definition) is 1. The second-order valence-corrected chi connectivity index (χ2v) is 4.18. The summed E-state index contributed by atoms with van der Waals surface area (Å²) in [7, 11) is -1.53. The minimum Gasteiger partial charge on any atom is -0.592 e. The molecule has 2 atom stereocenters. The Morgan fingerprint density at radius 2 is 2.31 bits per heavy atom. The summed E-state index contributed by atoms with van der Waals surface area (Å²) >= 11 is 0. The summed E-state index contributed by atoms with van der Waals surface area (Å²) in [6.07, 6.45) is 0. The molecule has 0 bridgehead atoms. The summed E-state index contributed by atoms with van der Waals surface area (Å²) < 4.78 is 23.9. The van der Waals surface area contributed by atoms with Gasteiger partial charge in [0.15, 0.2) is 11.6 Å². The van der Waals surface area contributed by atoms with Gasteiger partial charge in [0.05, 0.1) is 0 Å². The highest BCUT2D eigenvalue weighted by Crippen LogP contribution is 2.35. The Balaban J connectivity index is 2.66. The van der Waals surface area contributed by atoms with Crippen molar-refractivity contribution >= 4 is 16.5 Å². The third kappa shape index (κ3) is 1.28. The van der Waals surface area contributed by atoms with Crippen LogP contribution in [0.3, 0.4) is 0 Å². The predicted molar refractivity (Wildman–Crippen MR) is 44.6 cm³/mol. The zero-order valence-electron chi connectivity index (χ0n) is 6.44. The fourth-order valence-corrected chi connectivity index (χ4v) is 2.50. The molecule has 1 aromatic carbocycles. The molecule has 13 heavy (non-hydrogen) atoms. The van der Waals surface area contributed by atoms with E-state index in [1.165, 1.54) is 6.07 Å². The molecule has 0 saturated carbocycles. The van der Waals surface area contributed by atoms with Crippen LogP contribution in [0.15, 0.2) is 23.1 Å². The first-order valence-corrected chi connectivity index (χ1v) is 4.83. The highest BCUT2D eigenvalue weighted by molar-refractivity contribution is 7.85. The van der Waals surface area contributed by atoms with Gasteiger partial charge in [0, 0.05) is 6.07 Å². The number of rotatable bonds is 0. The van der Waals surface area contributed by atoms with Crippen molar-refractivity contribution in [2.75, 3.05) is 5.88 Å². The maximum absolute atomic E-state index is 12.7. The van der Waals surface area contributed by atoms with Crippen LogP contribution < -0.4 is 4.81 Å². The maximum Gasteiger partial charge on any atom is 0.193 e. The Morgan fingerprint density at radius 3 is 3.00 bits per heavy atom. The number of hydroxylamine groups is 2. The Hall–Kier alpha value is -0.820. The molecule has 0 spiro atoms. The molecule has 2 rings (SSSR count). The lowest BCUT2D eigenvalue weighted by atomic mass is 10.3. The zero-order chi connectivity index (χ0) is 9.64. The third-order valence-corrected chi connectivity index (χ3v) is 3.26. The summed E-state index contributed by atoms with van der Waals surface area (Å²) in [4.78, 5) is -1.54. The van der Waals surface area contributed by atoms with Gasteiger partial charge in [0.1, 0.15) is 21.5 Å². The van der Waals surface area contributed by atoms with Crippen molar-refractivity contribution in [1.29, 1.82) is 0 Å². The summed E-state index contributed by atoms with van der Waals surface area (Å²) in [6.45, 7) is 0. The van der Waals surface area contributed by atoms with Crippen LogP contribution in [0.2, 0.25) is 0 Å². The number of halogens is 1. The van der Waals surface area contributed by atoms with Crippen molar-refractivity contribution in [3.63, 3.8) is 0 Å². The van der Waals surface area contributed by atoms with E-state index in [9.17, 15) is 13.8 Å². The monoisotopic (exact) mass is 203 g/mol. The normalized spacial score (nSPS) is 31.8. The summed E-state index contributed by atoms with van der Waals surface area (Å²) in [6, 6.07) is 3.28. The Kier molecular flexibility index (Phi) is 1.74. The van der Waals surface area contributed by atoms with Crippen LogP contribution in [0.5, 0.6) is 0 Å². The van der Waals surface area contributed by atoms with Crippen molar-refractivity contribution in [2.45, 2.75) is 4.90 Å². The molecule has 0 aromatic heterocycles. The summed E-state index contributed by atoms with van der Waals surface area (Å²) in [5.41, 5.74) is -0.168. The molecule has 0 saturated heterocycles. The second-order valence-electron chi connectivity index (χ2n) is 2.79. The quantitative estimate of drug-likeness (QED) is 0.507. The molecular formula is C7H6FNO3S. The van der Waals surface area contributed by atoms with Gasteiger partial charge < -0.3 is 5.21 Å². The number of fused-ring (bicyclic) bond motifs is 1. The van der Waals surface area contributed by atoms with Crippen LogP contribution >= 0.6 is 0 Å². The number of nitrogens with zero attached hydrogens (tertiary/aromatic N) is 1. The molecule has 1 aromatic rings. The third-order valence-electron chi connectivity index (χ3n) is 1.83. The lowest BCUT2D eigenvalue weighted by molar-refractivity contribution is -0.0107. The van der Waals surface area contributed by atoms with Crippen molar-refractivity contribution < 1.29 is 13.8 Å². The summed E-state index contributed by atoms with van der Waals surface area (Å²) in [5.74, 6) is -1.08. The van der Waals surface area contributed by atoms with Crippen LogP contribution in [-0.4, -0.2) is 15.3 Å². The lowest BCUT2D eigenvalue weighted by Crippen LogP contribution is -2.37. The molecule has 6 heteroatoms. The van der Waals surface area contributed by atoms with E-state index in [-0.39, 0.29) is 10.6 Å². The number of quaternary nitrogens is 1. The molecule has 1 heterocycles. The van der Waals surface area contributed by atoms with Crippen LogP contribution in [-0.2, 0) is 10.8 Å². The SMILES string of the molecule is O=S1C[N+]([O-])(O)c2cc(F)ccc21. The topological polar surface area (TPSA) is 60.4 Å². The average molecular weight is 203 g/mol. The van der Waals surface area contributed by atoms with Gasteiger partial charge in [-0.3, -0.25) is 0 Å². The van der Waals surface area contributed by atoms with E-state index in [2.05, 4.69) is 0 Å². The van der Waals surface area contributed by atoms with Crippen molar-refractivity contribution in [2.24, 2.45) is 0 Å². The molecule has 0 amide bonds. The van der Waals surface area contributed by atoms with Crippen LogP contribution in [0.1, 0.15) is 0 Å². The highest BCUT2D eigenvalue weighted by atomic mass is 32.2. The minimum atomic E-state index is -1.75. The average Bonchev–Trinajstić information content (AvgIpc) is 2.23. The standard InChI is InChI=1S/C7H6FNO3S/c8-5-1-2-7-6(3-5)9(10,11)4-13(7)12/h1-3,10H,4H2. The van der Waals surface area contributed by atoms with Gasteiger partial charge in [-0.1, -0.05) is 0 Å². The van der Waals surface area contributed by atoms with Crippen molar-refractivity contribution in [3.8, 4) is 0 Å². The largest absolute Gasteiger partial charge is 0.592 e. The van der Waals surface area contributed by atoms with Crippen LogP contribution in [0, 0.1) is 11.0 Å². The first-order valence-electron chi connectivity index (χ1n) is 3.51. The van der Waals surface area contributed by atoms with Crippen LogP contribution in [0.4, 0.5) is 10.1 Å². The number of benzene rings is 1. The maximum atomic E-state index is 12.7. The van der Waals surface area contributed by atoms with Gasteiger partial charge in [-0.2, -0.15) is 4.81 Å². The molecule has 0 fully saturated rings. The Morgan fingerprint density at radius 1 is 1.62 bits per heavy atom. The molecule has 1 aliphatic rings. The molecule has 1 aliphatic heterocycles. The van der Waals surface area contributed by atoms with Crippen molar-refractivity contribution in [3.05, 3.63) is 29.2 Å². The number of hydrogen-bond acceptors (Lipinski definition) is 3. The molecule has 4 nitrogen and oxygen atoms in total. The fourth-order valence-electron chi connectivity index (χ4n) is 1.25. The smallest absolute Gasteiger partial charge is 0.193 e. The van der Waals surface area contributed by atoms with E-state index in [0.29, 0.717) is 0 Å². The van der Waals surface area contributed by atoms with Gasteiger partial charge in [-0.15, -0.1) is 0 Å². The molecule has 0 radical (unpaired) electrons. The van der Waals surface area contributed by atoms with E-state index in [1.54, 1.807) is 0 Å². The van der Waals surface area contributed by atoms with Gasteiger partial charge in [0.25, 0.3) is 0 Å². The molecular weight excluding hydrogens is 197 g/mol.